The largest absolute Gasteiger partial charge is 0.397 e. The summed E-state index contributed by atoms with van der Waals surface area (Å²) >= 11 is 0. The Hall–Kier alpha value is -1.22. The highest BCUT2D eigenvalue weighted by molar-refractivity contribution is 5.66. The van der Waals surface area contributed by atoms with Crippen LogP contribution in [0.2, 0.25) is 0 Å². The summed E-state index contributed by atoms with van der Waals surface area (Å²) in [5, 5.41) is 3.77. The predicted octanol–water partition coefficient (Wildman–Crippen LogP) is 5.04. The van der Waals surface area contributed by atoms with Crippen molar-refractivity contribution in [3.8, 4) is 0 Å². The number of hydrogen-bond acceptors (Lipinski definition) is 3. The zero-order valence-corrected chi connectivity index (χ0v) is 16.1. The predicted molar refractivity (Wildman–Crippen MR) is 109 cm³/mol. The minimum Gasteiger partial charge on any atom is -0.397 e. The lowest BCUT2D eigenvalue weighted by molar-refractivity contribution is 0.0322. The molecule has 2 heterocycles. The fraction of sp³-hybridized carbons (Fsp3) is 0.739. The van der Waals surface area contributed by atoms with Gasteiger partial charge in [0.15, 0.2) is 0 Å². The van der Waals surface area contributed by atoms with E-state index in [2.05, 4.69) is 22.3 Å². The van der Waals surface area contributed by atoms with Crippen LogP contribution in [0, 0.1) is 11.8 Å². The Labute approximate surface area is 158 Å². The molecule has 4 atom stereocenters. The van der Waals surface area contributed by atoms with Crippen molar-refractivity contribution in [2.24, 2.45) is 11.8 Å². The number of nitrogen functional groups attached to an aromatic ring is 1. The summed E-state index contributed by atoms with van der Waals surface area (Å²) < 4.78 is 0. The average Bonchev–Trinajstić information content (AvgIpc) is 2.80. The molecular formula is C23H35N3. The number of fused-ring (bicyclic) bond motifs is 4. The van der Waals surface area contributed by atoms with Crippen LogP contribution in [0.3, 0.4) is 0 Å². The van der Waals surface area contributed by atoms with Gasteiger partial charge >= 0.3 is 0 Å². The third kappa shape index (κ3) is 3.24. The number of nitrogens with one attached hydrogen (secondary N) is 1. The van der Waals surface area contributed by atoms with E-state index in [1.807, 2.05) is 12.1 Å². The molecule has 3 N–H and O–H groups in total. The van der Waals surface area contributed by atoms with Gasteiger partial charge in [-0.25, -0.2) is 0 Å². The number of nitrogens with zero attached hydrogens (tertiary/aromatic N) is 1. The minimum absolute atomic E-state index is 0.597. The maximum Gasteiger partial charge on any atom is 0.0576 e. The molecule has 1 aromatic rings. The molecule has 0 aromatic heterocycles. The van der Waals surface area contributed by atoms with Crippen LogP contribution in [0.5, 0.6) is 0 Å². The number of nitrogens with two attached hydrogens (primary N) is 1. The quantitative estimate of drug-likeness (QED) is 0.748. The summed E-state index contributed by atoms with van der Waals surface area (Å²) in [5.41, 5.74) is 8.18. The highest BCUT2D eigenvalue weighted by Gasteiger charge is 2.46. The Kier molecular flexibility index (Phi) is 4.60. The molecule has 0 radical (unpaired) electrons. The number of benzene rings is 1. The van der Waals surface area contributed by atoms with E-state index in [9.17, 15) is 0 Å². The van der Waals surface area contributed by atoms with Crippen molar-refractivity contribution in [3.05, 3.63) is 24.3 Å². The van der Waals surface area contributed by atoms with E-state index < -0.39 is 0 Å². The van der Waals surface area contributed by atoms with Gasteiger partial charge in [0.1, 0.15) is 0 Å². The molecule has 4 fully saturated rings. The Bertz CT molecular complexity index is 602. The van der Waals surface area contributed by atoms with Gasteiger partial charge < -0.3 is 11.1 Å². The molecule has 0 spiro atoms. The maximum absolute atomic E-state index is 6.16. The van der Waals surface area contributed by atoms with Crippen molar-refractivity contribution in [1.82, 2.24) is 4.90 Å². The molecule has 142 valence electrons. The first kappa shape index (κ1) is 16.9. The fourth-order valence-corrected chi connectivity index (χ4v) is 6.89. The first-order valence-electron chi connectivity index (χ1n) is 11.1. The first-order valence-corrected chi connectivity index (χ1v) is 11.1. The standard InChI is InChI=1S/C23H35N3/c24-22-7-3-4-8-23(22)25-18-14-19-9-10-20(15-18)26(19)21-12-16-5-1-2-6-17(11-16)13-21/h3-4,7-8,16-21,25H,1-2,5-6,9-15,24H2. The van der Waals surface area contributed by atoms with E-state index in [0.29, 0.717) is 6.04 Å². The van der Waals surface area contributed by atoms with Gasteiger partial charge in [-0.1, -0.05) is 37.8 Å². The number of hydrogen-bond donors (Lipinski definition) is 2. The normalized spacial score (nSPS) is 40.2. The van der Waals surface area contributed by atoms with Gasteiger partial charge in [-0.05, 0) is 68.9 Å². The van der Waals surface area contributed by atoms with Crippen LogP contribution in [-0.4, -0.2) is 29.1 Å². The van der Waals surface area contributed by atoms with Crippen molar-refractivity contribution < 1.29 is 0 Å². The van der Waals surface area contributed by atoms with E-state index in [4.69, 9.17) is 5.73 Å². The van der Waals surface area contributed by atoms with E-state index in [-0.39, 0.29) is 0 Å². The average molecular weight is 354 g/mol. The summed E-state index contributed by atoms with van der Waals surface area (Å²) in [5.74, 6) is 2.06. The molecule has 2 aliphatic carbocycles. The van der Waals surface area contributed by atoms with Gasteiger partial charge in [0.2, 0.25) is 0 Å². The number of rotatable bonds is 3. The van der Waals surface area contributed by atoms with Crippen molar-refractivity contribution >= 4 is 11.4 Å². The summed E-state index contributed by atoms with van der Waals surface area (Å²) in [6, 6.07) is 11.4. The smallest absolute Gasteiger partial charge is 0.0576 e. The van der Waals surface area contributed by atoms with Gasteiger partial charge in [0, 0.05) is 24.2 Å². The van der Waals surface area contributed by atoms with Crippen LogP contribution in [0.1, 0.15) is 70.6 Å². The van der Waals surface area contributed by atoms with E-state index in [1.54, 1.807) is 0 Å². The molecule has 1 aromatic carbocycles. The summed E-state index contributed by atoms with van der Waals surface area (Å²) in [7, 11) is 0. The van der Waals surface area contributed by atoms with Crippen molar-refractivity contribution in [3.63, 3.8) is 0 Å². The minimum atomic E-state index is 0.597. The second kappa shape index (κ2) is 7.07. The Morgan fingerprint density at radius 3 is 2.08 bits per heavy atom. The summed E-state index contributed by atoms with van der Waals surface area (Å²) in [4.78, 5) is 3.01. The van der Waals surface area contributed by atoms with Gasteiger partial charge in [-0.15, -0.1) is 0 Å². The zero-order chi connectivity index (χ0) is 17.5. The second-order valence-corrected chi connectivity index (χ2v) is 9.61. The third-order valence-electron chi connectivity index (χ3n) is 7.88. The zero-order valence-electron chi connectivity index (χ0n) is 16.1. The van der Waals surface area contributed by atoms with E-state index >= 15 is 0 Å². The Balaban J connectivity index is 1.27. The molecule has 0 amide bonds. The van der Waals surface area contributed by atoms with Gasteiger partial charge in [0.25, 0.3) is 0 Å². The Morgan fingerprint density at radius 2 is 1.42 bits per heavy atom. The highest BCUT2D eigenvalue weighted by Crippen LogP contribution is 2.46. The molecular weight excluding hydrogens is 318 g/mol. The number of piperidine rings is 1. The SMILES string of the molecule is Nc1ccccc1NC1CC2CCC(C1)N2C1CC2CCCCC(C2)C1. The number of anilines is 2. The van der Waals surface area contributed by atoms with Crippen LogP contribution >= 0.6 is 0 Å². The van der Waals surface area contributed by atoms with Gasteiger partial charge in [-0.2, -0.15) is 0 Å². The van der Waals surface area contributed by atoms with Crippen molar-refractivity contribution in [1.29, 1.82) is 0 Å². The monoisotopic (exact) mass is 353 g/mol. The van der Waals surface area contributed by atoms with Gasteiger partial charge in [-0.3, -0.25) is 4.90 Å². The molecule has 4 unspecified atom stereocenters. The topological polar surface area (TPSA) is 41.3 Å². The number of para-hydroxylation sites is 2. The van der Waals surface area contributed by atoms with Crippen LogP contribution in [0.4, 0.5) is 11.4 Å². The lowest BCUT2D eigenvalue weighted by Gasteiger charge is -2.47. The van der Waals surface area contributed by atoms with Crippen LogP contribution < -0.4 is 11.1 Å². The first-order chi connectivity index (χ1) is 12.8. The molecule has 26 heavy (non-hydrogen) atoms. The second-order valence-electron chi connectivity index (χ2n) is 9.61. The van der Waals surface area contributed by atoms with Crippen LogP contribution in [-0.2, 0) is 0 Å². The summed E-state index contributed by atoms with van der Waals surface area (Å²) in [6.45, 7) is 0. The van der Waals surface area contributed by atoms with Crippen molar-refractivity contribution in [2.45, 2.75) is 94.8 Å². The maximum atomic E-state index is 6.16. The lowest BCUT2D eigenvalue weighted by Crippen LogP contribution is -2.53. The van der Waals surface area contributed by atoms with Crippen LogP contribution in [0.15, 0.2) is 24.3 Å². The third-order valence-corrected chi connectivity index (χ3v) is 7.88. The summed E-state index contributed by atoms with van der Waals surface area (Å²) in [6.07, 6.45) is 16.0. The molecule has 2 saturated heterocycles. The lowest BCUT2D eigenvalue weighted by atomic mass is 9.76. The molecule has 4 aliphatic rings. The van der Waals surface area contributed by atoms with Gasteiger partial charge in [0.05, 0.1) is 11.4 Å². The van der Waals surface area contributed by atoms with E-state index in [1.165, 1.54) is 70.6 Å². The Morgan fingerprint density at radius 1 is 0.769 bits per heavy atom. The molecule has 3 nitrogen and oxygen atoms in total. The van der Waals surface area contributed by atoms with Crippen LogP contribution in [0.25, 0.3) is 0 Å². The molecule has 2 aliphatic heterocycles. The fourth-order valence-electron chi connectivity index (χ4n) is 6.89. The molecule has 5 rings (SSSR count). The molecule has 2 saturated carbocycles. The molecule has 3 heteroatoms. The molecule has 4 bridgehead atoms. The van der Waals surface area contributed by atoms with Crippen molar-refractivity contribution in [2.75, 3.05) is 11.1 Å². The van der Waals surface area contributed by atoms with E-state index in [0.717, 1.165) is 41.3 Å². The highest BCUT2D eigenvalue weighted by atomic mass is 15.3.